The van der Waals surface area contributed by atoms with E-state index >= 15 is 0 Å². The van der Waals surface area contributed by atoms with E-state index in [1.165, 1.54) is 12.4 Å². The lowest BCUT2D eigenvalue weighted by Gasteiger charge is -2.05. The molecule has 2 N–H and O–H groups in total. The van der Waals surface area contributed by atoms with Crippen molar-refractivity contribution >= 4 is 11.8 Å². The molecule has 1 aromatic rings. The Kier molecular flexibility index (Phi) is 2.62. The molecule has 1 aliphatic carbocycles. The Morgan fingerprint density at radius 3 is 2.47 bits per heavy atom. The van der Waals surface area contributed by atoms with E-state index in [2.05, 4.69) is 15.8 Å². The van der Waals surface area contributed by atoms with E-state index in [9.17, 15) is 9.59 Å². The second-order valence-corrected chi connectivity index (χ2v) is 3.45. The zero-order chi connectivity index (χ0) is 10.7. The summed E-state index contributed by atoms with van der Waals surface area (Å²) in [7, 11) is 0. The van der Waals surface area contributed by atoms with Crippen LogP contribution in [0.5, 0.6) is 0 Å². The highest BCUT2D eigenvalue weighted by Gasteiger charge is 2.29. The molecule has 0 spiro atoms. The average molecular weight is 205 g/mol. The van der Waals surface area contributed by atoms with E-state index < -0.39 is 0 Å². The second-order valence-electron chi connectivity index (χ2n) is 3.45. The van der Waals surface area contributed by atoms with Gasteiger partial charge in [-0.3, -0.25) is 25.4 Å². The molecule has 0 aromatic carbocycles. The summed E-state index contributed by atoms with van der Waals surface area (Å²) in [5, 5.41) is 0. The average Bonchev–Trinajstić information content (AvgIpc) is 3.10. The van der Waals surface area contributed by atoms with Crippen LogP contribution in [0.15, 0.2) is 24.5 Å². The number of pyridine rings is 1. The lowest BCUT2D eigenvalue weighted by Crippen LogP contribution is -2.42. The number of hydrazine groups is 1. The van der Waals surface area contributed by atoms with Gasteiger partial charge in [0.05, 0.1) is 0 Å². The molecule has 0 saturated heterocycles. The number of hydrogen-bond donors (Lipinski definition) is 2. The van der Waals surface area contributed by atoms with Gasteiger partial charge in [0.15, 0.2) is 0 Å². The number of amides is 2. The molecule has 1 aliphatic rings. The molecule has 0 aliphatic heterocycles. The van der Waals surface area contributed by atoms with Crippen molar-refractivity contribution in [2.24, 2.45) is 5.92 Å². The van der Waals surface area contributed by atoms with Gasteiger partial charge in [-0.05, 0) is 25.0 Å². The third-order valence-corrected chi connectivity index (χ3v) is 2.19. The van der Waals surface area contributed by atoms with E-state index in [1.54, 1.807) is 12.1 Å². The standard InChI is InChI=1S/C10H11N3O2/c14-9(7-1-2-7)12-13-10(15)8-3-5-11-6-4-8/h3-7H,1-2H2,(H,12,14)(H,13,15). The second kappa shape index (κ2) is 4.08. The summed E-state index contributed by atoms with van der Waals surface area (Å²) in [6.45, 7) is 0. The zero-order valence-electron chi connectivity index (χ0n) is 8.06. The van der Waals surface area contributed by atoms with Gasteiger partial charge < -0.3 is 0 Å². The number of rotatable bonds is 2. The largest absolute Gasteiger partial charge is 0.273 e. The maximum atomic E-state index is 11.4. The topological polar surface area (TPSA) is 71.1 Å². The van der Waals surface area contributed by atoms with Gasteiger partial charge in [-0.15, -0.1) is 0 Å². The predicted octanol–water partition coefficient (Wildman–Crippen LogP) is 0.253. The van der Waals surface area contributed by atoms with Gasteiger partial charge in [-0.25, -0.2) is 0 Å². The molecule has 0 unspecified atom stereocenters. The lowest BCUT2D eigenvalue weighted by molar-refractivity contribution is -0.123. The van der Waals surface area contributed by atoms with Gasteiger partial charge in [0.2, 0.25) is 5.91 Å². The molecule has 1 fully saturated rings. The van der Waals surface area contributed by atoms with E-state index in [4.69, 9.17) is 0 Å². The Morgan fingerprint density at radius 1 is 1.20 bits per heavy atom. The third kappa shape index (κ3) is 2.52. The molecular weight excluding hydrogens is 194 g/mol. The minimum absolute atomic E-state index is 0.0859. The minimum Gasteiger partial charge on any atom is -0.273 e. The molecule has 0 radical (unpaired) electrons. The van der Waals surface area contributed by atoms with Crippen molar-refractivity contribution in [3.05, 3.63) is 30.1 Å². The molecule has 15 heavy (non-hydrogen) atoms. The lowest BCUT2D eigenvalue weighted by atomic mass is 10.3. The van der Waals surface area contributed by atoms with Crippen LogP contribution in [0.1, 0.15) is 23.2 Å². The first kappa shape index (κ1) is 9.64. The highest BCUT2D eigenvalue weighted by Crippen LogP contribution is 2.28. The summed E-state index contributed by atoms with van der Waals surface area (Å²) < 4.78 is 0. The van der Waals surface area contributed by atoms with E-state index in [1.807, 2.05) is 0 Å². The third-order valence-electron chi connectivity index (χ3n) is 2.19. The van der Waals surface area contributed by atoms with Crippen molar-refractivity contribution in [2.75, 3.05) is 0 Å². The molecule has 1 saturated carbocycles. The summed E-state index contributed by atoms with van der Waals surface area (Å²) in [4.78, 5) is 26.4. The van der Waals surface area contributed by atoms with Crippen molar-refractivity contribution in [3.8, 4) is 0 Å². The SMILES string of the molecule is O=C(NNC(=O)C1CC1)c1ccncc1. The predicted molar refractivity (Wildman–Crippen MR) is 52.6 cm³/mol. The van der Waals surface area contributed by atoms with Crippen LogP contribution in [0.2, 0.25) is 0 Å². The fraction of sp³-hybridized carbons (Fsp3) is 0.300. The van der Waals surface area contributed by atoms with Crippen molar-refractivity contribution in [1.29, 1.82) is 0 Å². The monoisotopic (exact) mass is 205 g/mol. The minimum atomic E-state index is -0.327. The smallest absolute Gasteiger partial charge is 0.269 e. The van der Waals surface area contributed by atoms with Crippen LogP contribution in [0.3, 0.4) is 0 Å². The Labute approximate surface area is 86.9 Å². The first-order chi connectivity index (χ1) is 7.27. The maximum absolute atomic E-state index is 11.4. The number of carbonyl (C=O) groups is 2. The Bertz CT molecular complexity index is 374. The Hall–Kier alpha value is -1.91. The van der Waals surface area contributed by atoms with Gasteiger partial charge >= 0.3 is 0 Å². The first-order valence-electron chi connectivity index (χ1n) is 4.77. The normalized spacial score (nSPS) is 14.4. The molecule has 2 rings (SSSR count). The number of carbonyl (C=O) groups excluding carboxylic acids is 2. The molecule has 1 heterocycles. The molecule has 2 amide bonds. The summed E-state index contributed by atoms with van der Waals surface area (Å²) in [5.74, 6) is -0.355. The summed E-state index contributed by atoms with van der Waals surface area (Å²) >= 11 is 0. The molecule has 1 aromatic heterocycles. The molecular formula is C10H11N3O2. The Balaban J connectivity index is 1.84. The quantitative estimate of drug-likeness (QED) is 0.680. The maximum Gasteiger partial charge on any atom is 0.269 e. The van der Waals surface area contributed by atoms with Crippen molar-refractivity contribution < 1.29 is 9.59 Å². The Morgan fingerprint density at radius 2 is 1.87 bits per heavy atom. The van der Waals surface area contributed by atoms with Crippen LogP contribution in [0.25, 0.3) is 0 Å². The van der Waals surface area contributed by atoms with E-state index in [0.717, 1.165) is 12.8 Å². The molecule has 5 nitrogen and oxygen atoms in total. The highest BCUT2D eigenvalue weighted by molar-refractivity contribution is 5.95. The fourth-order valence-corrected chi connectivity index (χ4v) is 1.14. The van der Waals surface area contributed by atoms with Gasteiger partial charge in [0, 0.05) is 23.9 Å². The number of aromatic nitrogens is 1. The van der Waals surface area contributed by atoms with Gasteiger partial charge in [-0.2, -0.15) is 0 Å². The van der Waals surface area contributed by atoms with Gasteiger partial charge in [0.1, 0.15) is 0 Å². The molecule has 0 atom stereocenters. The van der Waals surface area contributed by atoms with Crippen LogP contribution >= 0.6 is 0 Å². The van der Waals surface area contributed by atoms with Crippen LogP contribution < -0.4 is 10.9 Å². The molecule has 78 valence electrons. The van der Waals surface area contributed by atoms with Crippen LogP contribution in [-0.4, -0.2) is 16.8 Å². The van der Waals surface area contributed by atoms with Gasteiger partial charge in [-0.1, -0.05) is 0 Å². The zero-order valence-corrected chi connectivity index (χ0v) is 8.06. The summed E-state index contributed by atoms with van der Waals surface area (Å²) in [6, 6.07) is 3.16. The first-order valence-corrected chi connectivity index (χ1v) is 4.77. The van der Waals surface area contributed by atoms with E-state index in [0.29, 0.717) is 5.56 Å². The van der Waals surface area contributed by atoms with Crippen molar-refractivity contribution in [3.63, 3.8) is 0 Å². The van der Waals surface area contributed by atoms with E-state index in [-0.39, 0.29) is 17.7 Å². The number of hydrogen-bond acceptors (Lipinski definition) is 3. The highest BCUT2D eigenvalue weighted by atomic mass is 16.2. The summed E-state index contributed by atoms with van der Waals surface area (Å²) in [6.07, 6.45) is 4.88. The molecule has 0 bridgehead atoms. The van der Waals surface area contributed by atoms with Crippen molar-refractivity contribution in [2.45, 2.75) is 12.8 Å². The number of nitrogens with one attached hydrogen (secondary N) is 2. The fourth-order valence-electron chi connectivity index (χ4n) is 1.14. The number of nitrogens with zero attached hydrogens (tertiary/aromatic N) is 1. The van der Waals surface area contributed by atoms with Crippen LogP contribution in [0.4, 0.5) is 0 Å². The van der Waals surface area contributed by atoms with Crippen LogP contribution in [-0.2, 0) is 4.79 Å². The van der Waals surface area contributed by atoms with Crippen LogP contribution in [0, 0.1) is 5.92 Å². The molecule has 5 heteroatoms. The van der Waals surface area contributed by atoms with Gasteiger partial charge in [0.25, 0.3) is 5.91 Å². The summed E-state index contributed by atoms with van der Waals surface area (Å²) in [5.41, 5.74) is 5.21. The van der Waals surface area contributed by atoms with Crippen molar-refractivity contribution in [1.82, 2.24) is 15.8 Å².